The van der Waals surface area contributed by atoms with Crippen LogP contribution in [0.15, 0.2) is 89.8 Å². The molecule has 0 amide bonds. The summed E-state index contributed by atoms with van der Waals surface area (Å²) in [5.74, 6) is 0. The second-order valence-corrected chi connectivity index (χ2v) is 7.90. The van der Waals surface area contributed by atoms with E-state index in [2.05, 4.69) is 24.3 Å². The topological polar surface area (TPSA) is 40.1 Å². The smallest absolute Gasteiger partial charge is 1.00 e. The predicted molar refractivity (Wildman–Crippen MR) is 93.4 cm³/mol. The molecule has 0 N–H and O–H groups in total. The fourth-order valence-electron chi connectivity index (χ4n) is 2.33. The van der Waals surface area contributed by atoms with Crippen molar-refractivity contribution in [2.24, 2.45) is 0 Å². The number of benzene rings is 3. The van der Waals surface area contributed by atoms with Gasteiger partial charge in [-0.1, -0.05) is 72.8 Å². The number of hydrogen-bond donors (Lipinski definition) is 0. The Morgan fingerprint density at radius 2 is 1.22 bits per heavy atom. The molecule has 0 radical (unpaired) electrons. The Labute approximate surface area is 163 Å². The van der Waals surface area contributed by atoms with Crippen molar-refractivity contribution in [1.82, 2.24) is 0 Å². The van der Waals surface area contributed by atoms with Crippen LogP contribution in [0.1, 0.15) is 1.43 Å². The molecule has 0 saturated heterocycles. The van der Waals surface area contributed by atoms with Crippen LogP contribution in [0.25, 0.3) is 0 Å². The minimum absolute atomic E-state index is 0. The van der Waals surface area contributed by atoms with Crippen LogP contribution in [0, 0.1) is 0 Å². The van der Waals surface area contributed by atoms with Gasteiger partial charge in [-0.15, -0.1) is 0 Å². The summed E-state index contributed by atoms with van der Waals surface area (Å²) in [5.41, 5.74) is 0. The average molecular weight is 349 g/mol. The molecule has 0 aromatic heterocycles. The van der Waals surface area contributed by atoms with Crippen molar-refractivity contribution in [1.29, 1.82) is 0 Å². The van der Waals surface area contributed by atoms with Gasteiger partial charge in [0.05, 0.1) is 0 Å². The SMILES string of the molecule is O=S([O-])c1cccc(P(c2ccccc2)c2ccccc2)c1.[H-].[Na+]. The van der Waals surface area contributed by atoms with Gasteiger partial charge in [-0.3, -0.25) is 4.21 Å². The van der Waals surface area contributed by atoms with Gasteiger partial charge in [-0.05, 0) is 47.0 Å². The summed E-state index contributed by atoms with van der Waals surface area (Å²) >= 11 is -2.21. The predicted octanol–water partition coefficient (Wildman–Crippen LogP) is -0.201. The zero-order valence-electron chi connectivity index (χ0n) is 13.8. The molecular formula is C18H15NaO2PS-. The molecule has 0 aliphatic heterocycles. The Bertz CT molecular complexity index is 748. The monoisotopic (exact) mass is 349 g/mol. The summed E-state index contributed by atoms with van der Waals surface area (Å²) in [5, 5.41) is 3.45. The Kier molecular flexibility index (Phi) is 7.16. The molecule has 0 saturated carbocycles. The van der Waals surface area contributed by atoms with E-state index in [4.69, 9.17) is 0 Å². The molecule has 0 fully saturated rings. The third-order valence-corrected chi connectivity index (χ3v) is 6.36. The van der Waals surface area contributed by atoms with Crippen molar-refractivity contribution < 1.29 is 39.7 Å². The molecule has 0 heterocycles. The first kappa shape index (κ1) is 18.5. The van der Waals surface area contributed by atoms with Crippen molar-refractivity contribution in [3.63, 3.8) is 0 Å². The van der Waals surface area contributed by atoms with Gasteiger partial charge >= 0.3 is 29.6 Å². The summed E-state index contributed by atoms with van der Waals surface area (Å²) < 4.78 is 22.5. The standard InChI is InChI=1S/C18H15O2PS.Na.H/c19-22(20)18-13-7-12-17(14-18)21(15-8-3-1-4-9-15)16-10-5-2-6-11-16;;/h1-14H,(H,19,20);;/q;+1;-1/p-1. The van der Waals surface area contributed by atoms with Crippen molar-refractivity contribution in [2.75, 3.05) is 0 Å². The first-order chi connectivity index (χ1) is 10.8. The molecule has 23 heavy (non-hydrogen) atoms. The Hall–Kier alpha value is -0.800. The van der Waals surface area contributed by atoms with Crippen LogP contribution in [0.5, 0.6) is 0 Å². The maximum Gasteiger partial charge on any atom is 1.00 e. The maximum atomic E-state index is 11.3. The van der Waals surface area contributed by atoms with Crippen molar-refractivity contribution in [3.8, 4) is 0 Å². The Morgan fingerprint density at radius 1 is 0.739 bits per heavy atom. The summed E-state index contributed by atoms with van der Waals surface area (Å²) in [4.78, 5) is 0.330. The molecule has 3 aromatic carbocycles. The van der Waals surface area contributed by atoms with Crippen LogP contribution in [0.2, 0.25) is 0 Å². The van der Waals surface area contributed by atoms with Gasteiger partial charge in [0, 0.05) is 4.90 Å². The van der Waals surface area contributed by atoms with E-state index in [1.807, 2.05) is 48.5 Å². The number of rotatable bonds is 4. The molecule has 2 nitrogen and oxygen atoms in total. The summed E-state index contributed by atoms with van der Waals surface area (Å²) in [6, 6.07) is 27.6. The molecule has 1 unspecified atom stereocenters. The zero-order valence-corrected chi connectivity index (χ0v) is 16.5. The van der Waals surface area contributed by atoms with Crippen molar-refractivity contribution in [2.45, 2.75) is 4.90 Å². The van der Waals surface area contributed by atoms with Gasteiger partial charge in [0.15, 0.2) is 0 Å². The third kappa shape index (κ3) is 4.60. The minimum Gasteiger partial charge on any atom is -1.00 e. The molecule has 0 aliphatic carbocycles. The van der Waals surface area contributed by atoms with E-state index in [0.29, 0.717) is 4.90 Å². The molecule has 3 rings (SSSR count). The second-order valence-electron chi connectivity index (χ2n) is 4.74. The maximum absolute atomic E-state index is 11.3. The molecule has 1 atom stereocenters. The molecule has 112 valence electrons. The van der Waals surface area contributed by atoms with E-state index < -0.39 is 19.0 Å². The van der Waals surface area contributed by atoms with E-state index in [9.17, 15) is 8.76 Å². The van der Waals surface area contributed by atoms with Gasteiger partial charge in [-0.25, -0.2) is 0 Å². The van der Waals surface area contributed by atoms with Crippen LogP contribution in [0.3, 0.4) is 0 Å². The minimum atomic E-state index is -2.21. The van der Waals surface area contributed by atoms with E-state index >= 15 is 0 Å². The average Bonchev–Trinajstić information content (AvgIpc) is 2.57. The van der Waals surface area contributed by atoms with E-state index in [-0.39, 0.29) is 31.0 Å². The first-order valence-corrected chi connectivity index (χ1v) is 9.27. The van der Waals surface area contributed by atoms with E-state index in [0.717, 1.165) is 5.30 Å². The van der Waals surface area contributed by atoms with Gasteiger partial charge in [0.25, 0.3) is 0 Å². The van der Waals surface area contributed by atoms with Gasteiger partial charge < -0.3 is 5.98 Å². The van der Waals surface area contributed by atoms with E-state index in [1.54, 1.807) is 12.1 Å². The largest absolute Gasteiger partial charge is 1.00 e. The van der Waals surface area contributed by atoms with Crippen molar-refractivity contribution >= 4 is 34.9 Å². The number of hydrogen-bond acceptors (Lipinski definition) is 2. The Morgan fingerprint density at radius 3 is 1.70 bits per heavy atom. The molecule has 0 spiro atoms. The molecule has 3 aromatic rings. The van der Waals surface area contributed by atoms with Gasteiger partial charge in [-0.2, -0.15) is 0 Å². The van der Waals surface area contributed by atoms with Gasteiger partial charge in [0.1, 0.15) is 0 Å². The summed E-state index contributed by atoms with van der Waals surface area (Å²) in [6.45, 7) is 0. The van der Waals surface area contributed by atoms with Crippen LogP contribution >= 0.6 is 7.92 Å². The summed E-state index contributed by atoms with van der Waals surface area (Å²) in [6.07, 6.45) is 0. The molecule has 0 bridgehead atoms. The van der Waals surface area contributed by atoms with Gasteiger partial charge in [0.2, 0.25) is 0 Å². The van der Waals surface area contributed by atoms with Crippen LogP contribution in [0.4, 0.5) is 0 Å². The first-order valence-electron chi connectivity index (χ1n) is 6.85. The quantitative estimate of drug-likeness (QED) is 0.372. The summed E-state index contributed by atoms with van der Waals surface area (Å²) in [7, 11) is -0.760. The molecule has 5 heteroatoms. The van der Waals surface area contributed by atoms with Crippen LogP contribution in [-0.2, 0) is 11.1 Å². The molecular weight excluding hydrogens is 334 g/mol. The fourth-order valence-corrected chi connectivity index (χ4v) is 5.17. The van der Waals surface area contributed by atoms with E-state index in [1.165, 1.54) is 10.6 Å². The zero-order chi connectivity index (χ0) is 15.4. The second kappa shape index (κ2) is 8.89. The fraction of sp³-hybridized carbons (Fsp3) is 0. The van der Waals surface area contributed by atoms with Crippen LogP contribution in [-0.4, -0.2) is 8.76 Å². The third-order valence-electron chi connectivity index (χ3n) is 3.30. The van der Waals surface area contributed by atoms with Crippen LogP contribution < -0.4 is 45.5 Å². The molecule has 0 aliphatic rings. The van der Waals surface area contributed by atoms with Crippen molar-refractivity contribution in [3.05, 3.63) is 84.9 Å². The Balaban J connectivity index is 0.00000144. The normalized spacial score (nSPS) is 11.7.